The minimum Gasteiger partial charge on any atom is -0.339 e. The van der Waals surface area contributed by atoms with Gasteiger partial charge in [-0.2, -0.15) is 0 Å². The molecule has 6 heteroatoms. The zero-order valence-electron chi connectivity index (χ0n) is 16.4. The molecule has 4 nitrogen and oxygen atoms in total. The van der Waals surface area contributed by atoms with Crippen LogP contribution in [0.4, 0.5) is 8.78 Å². The molecule has 0 N–H and O–H groups in total. The van der Waals surface area contributed by atoms with Gasteiger partial charge in [0.05, 0.1) is 0 Å². The third-order valence-corrected chi connectivity index (χ3v) is 5.05. The molecule has 0 spiro atoms. The highest BCUT2D eigenvalue weighted by Gasteiger charge is 2.24. The van der Waals surface area contributed by atoms with Crippen molar-refractivity contribution in [3.05, 3.63) is 76.9 Å². The second-order valence-electron chi connectivity index (χ2n) is 7.15. The highest BCUT2D eigenvalue weighted by Crippen LogP contribution is 2.15. The lowest BCUT2D eigenvalue weighted by Crippen LogP contribution is -2.50. The fourth-order valence-electron chi connectivity index (χ4n) is 3.40. The Kier molecular flexibility index (Phi) is 6.75. The summed E-state index contributed by atoms with van der Waals surface area (Å²) in [5.74, 6) is -0.825. The lowest BCUT2D eigenvalue weighted by Gasteiger charge is -2.35. The van der Waals surface area contributed by atoms with Gasteiger partial charge in [0.25, 0.3) is 0 Å². The van der Waals surface area contributed by atoms with E-state index in [0.29, 0.717) is 50.2 Å². The van der Waals surface area contributed by atoms with E-state index in [0.717, 1.165) is 5.56 Å². The Morgan fingerprint density at radius 3 is 2.34 bits per heavy atom. The first-order valence-corrected chi connectivity index (χ1v) is 9.68. The minimum atomic E-state index is -0.367. The maximum absolute atomic E-state index is 13.8. The maximum atomic E-state index is 13.8. The molecule has 0 atom stereocenters. The summed E-state index contributed by atoms with van der Waals surface area (Å²) in [7, 11) is 0. The highest BCUT2D eigenvalue weighted by atomic mass is 19.1. The van der Waals surface area contributed by atoms with Crippen LogP contribution in [0.15, 0.2) is 54.1 Å². The van der Waals surface area contributed by atoms with Crippen LogP contribution in [-0.4, -0.2) is 47.8 Å². The Bertz CT molecular complexity index is 919. The second kappa shape index (κ2) is 9.45. The monoisotopic (exact) mass is 398 g/mol. The maximum Gasteiger partial charge on any atom is 0.249 e. The van der Waals surface area contributed by atoms with Gasteiger partial charge in [0.2, 0.25) is 11.8 Å². The predicted molar refractivity (Wildman–Crippen MR) is 108 cm³/mol. The standard InChI is InChI=1S/C23H24F2N2O2/c1-17(15-19-6-2-3-8-21(19)25)23(29)27-13-11-26(12-14-27)22(28)10-9-18-5-4-7-20(24)16-18/h2-8,15-16H,9-14H2,1H3/b17-15+. The number of nitrogens with zero attached hydrogens (tertiary/aromatic N) is 2. The van der Waals surface area contributed by atoms with Gasteiger partial charge in [0.15, 0.2) is 0 Å². The number of benzene rings is 2. The average Bonchev–Trinajstić information content (AvgIpc) is 2.73. The van der Waals surface area contributed by atoms with Gasteiger partial charge in [0.1, 0.15) is 11.6 Å². The van der Waals surface area contributed by atoms with Gasteiger partial charge in [-0.25, -0.2) is 8.78 Å². The van der Waals surface area contributed by atoms with Crippen molar-refractivity contribution in [3.8, 4) is 0 Å². The molecule has 2 aromatic carbocycles. The van der Waals surface area contributed by atoms with Gasteiger partial charge in [-0.3, -0.25) is 9.59 Å². The Labute approximate surface area is 169 Å². The molecule has 1 fully saturated rings. The molecule has 1 aliphatic heterocycles. The molecule has 2 aromatic rings. The van der Waals surface area contributed by atoms with E-state index in [9.17, 15) is 18.4 Å². The number of rotatable bonds is 5. The van der Waals surface area contributed by atoms with Crippen LogP contribution in [0.25, 0.3) is 6.08 Å². The van der Waals surface area contributed by atoms with E-state index in [1.807, 2.05) is 0 Å². The van der Waals surface area contributed by atoms with Crippen LogP contribution in [-0.2, 0) is 16.0 Å². The first-order valence-electron chi connectivity index (χ1n) is 9.68. The van der Waals surface area contributed by atoms with Crippen LogP contribution in [0.2, 0.25) is 0 Å². The molecular formula is C23H24F2N2O2. The molecule has 0 aliphatic carbocycles. The third-order valence-electron chi connectivity index (χ3n) is 5.05. The highest BCUT2D eigenvalue weighted by molar-refractivity contribution is 5.97. The van der Waals surface area contributed by atoms with Crippen molar-refractivity contribution in [3.63, 3.8) is 0 Å². The molecule has 3 rings (SSSR count). The molecule has 0 bridgehead atoms. The quantitative estimate of drug-likeness (QED) is 0.721. The van der Waals surface area contributed by atoms with Crippen molar-refractivity contribution in [2.75, 3.05) is 26.2 Å². The zero-order valence-corrected chi connectivity index (χ0v) is 16.4. The molecule has 0 unspecified atom stereocenters. The largest absolute Gasteiger partial charge is 0.339 e. The molecule has 29 heavy (non-hydrogen) atoms. The summed E-state index contributed by atoms with van der Waals surface area (Å²) >= 11 is 0. The molecule has 0 aromatic heterocycles. The number of hydrogen-bond acceptors (Lipinski definition) is 2. The third kappa shape index (κ3) is 5.50. The number of hydrogen-bond donors (Lipinski definition) is 0. The fraction of sp³-hybridized carbons (Fsp3) is 0.304. The van der Waals surface area contributed by atoms with Crippen molar-refractivity contribution >= 4 is 17.9 Å². The van der Waals surface area contributed by atoms with E-state index in [1.54, 1.807) is 53.1 Å². The summed E-state index contributed by atoms with van der Waals surface area (Å²) in [5, 5.41) is 0. The first kappa shape index (κ1) is 20.7. The van der Waals surface area contributed by atoms with Crippen LogP contribution in [0, 0.1) is 11.6 Å². The summed E-state index contributed by atoms with van der Waals surface area (Å²) in [6, 6.07) is 12.6. The van der Waals surface area contributed by atoms with Gasteiger partial charge in [0, 0.05) is 43.7 Å². The Morgan fingerprint density at radius 2 is 1.66 bits per heavy atom. The molecule has 0 saturated carbocycles. The summed E-state index contributed by atoms with van der Waals surface area (Å²) in [4.78, 5) is 28.5. The van der Waals surface area contributed by atoms with Crippen molar-refractivity contribution in [2.45, 2.75) is 19.8 Å². The molecule has 152 valence electrons. The summed E-state index contributed by atoms with van der Waals surface area (Å²) < 4.78 is 27.0. The first-order chi connectivity index (χ1) is 13.9. The van der Waals surface area contributed by atoms with Crippen LogP contribution in [0.5, 0.6) is 0 Å². The van der Waals surface area contributed by atoms with Crippen molar-refractivity contribution < 1.29 is 18.4 Å². The number of halogens is 2. The van der Waals surface area contributed by atoms with Gasteiger partial charge in [-0.15, -0.1) is 0 Å². The minimum absolute atomic E-state index is 0.0000177. The number of carbonyl (C=O) groups is 2. The number of amides is 2. The summed E-state index contributed by atoms with van der Waals surface area (Å²) in [5.41, 5.74) is 1.63. The molecule has 2 amide bonds. The summed E-state index contributed by atoms with van der Waals surface area (Å²) in [6.45, 7) is 3.46. The Hall–Kier alpha value is -3.02. The van der Waals surface area contributed by atoms with E-state index in [4.69, 9.17) is 0 Å². The molecule has 1 heterocycles. The van der Waals surface area contributed by atoms with Crippen molar-refractivity contribution in [1.82, 2.24) is 9.80 Å². The van der Waals surface area contributed by atoms with E-state index < -0.39 is 0 Å². The molecular weight excluding hydrogens is 374 g/mol. The summed E-state index contributed by atoms with van der Waals surface area (Å²) in [6.07, 6.45) is 2.35. The van der Waals surface area contributed by atoms with Crippen molar-refractivity contribution in [1.29, 1.82) is 0 Å². The lowest BCUT2D eigenvalue weighted by atomic mass is 10.1. The van der Waals surface area contributed by atoms with Crippen LogP contribution >= 0.6 is 0 Å². The topological polar surface area (TPSA) is 40.6 Å². The Balaban J connectivity index is 1.51. The van der Waals surface area contributed by atoms with Gasteiger partial charge >= 0.3 is 0 Å². The van der Waals surface area contributed by atoms with E-state index in [1.165, 1.54) is 18.2 Å². The number of aryl methyl sites for hydroxylation is 1. The zero-order chi connectivity index (χ0) is 20.8. The molecule has 1 saturated heterocycles. The molecule has 1 aliphatic rings. The smallest absolute Gasteiger partial charge is 0.249 e. The van der Waals surface area contributed by atoms with E-state index in [2.05, 4.69) is 0 Å². The van der Waals surface area contributed by atoms with E-state index in [-0.39, 0.29) is 23.4 Å². The van der Waals surface area contributed by atoms with Gasteiger partial charge < -0.3 is 9.80 Å². The average molecular weight is 398 g/mol. The van der Waals surface area contributed by atoms with Crippen LogP contribution in [0.1, 0.15) is 24.5 Å². The fourth-order valence-corrected chi connectivity index (χ4v) is 3.40. The predicted octanol–water partition coefficient (Wildman–Crippen LogP) is 3.67. The van der Waals surface area contributed by atoms with Crippen molar-refractivity contribution in [2.24, 2.45) is 0 Å². The second-order valence-corrected chi connectivity index (χ2v) is 7.15. The van der Waals surface area contributed by atoms with Gasteiger partial charge in [-0.05, 0) is 43.2 Å². The molecule has 0 radical (unpaired) electrons. The number of carbonyl (C=O) groups excluding carboxylic acids is 2. The van der Waals surface area contributed by atoms with Gasteiger partial charge in [-0.1, -0.05) is 30.3 Å². The lowest BCUT2D eigenvalue weighted by molar-refractivity contribution is -0.137. The normalized spacial score (nSPS) is 14.8. The van der Waals surface area contributed by atoms with Crippen LogP contribution in [0.3, 0.4) is 0 Å². The Morgan fingerprint density at radius 1 is 0.966 bits per heavy atom. The SMILES string of the molecule is C/C(=C\c1ccccc1F)C(=O)N1CCN(C(=O)CCc2cccc(F)c2)CC1. The van der Waals surface area contributed by atoms with E-state index >= 15 is 0 Å². The number of piperazine rings is 1. The van der Waals surface area contributed by atoms with Crippen LogP contribution < -0.4 is 0 Å².